The molecule has 0 aliphatic carbocycles. The SMILES string of the molecule is [Cl][Ru]([Cl])[Cl].[Na+].[O-]Cl. The van der Waals surface area contributed by atoms with Gasteiger partial charge in [-0.25, -0.2) is 11.9 Å². The molecule has 43 valence electrons. The Morgan fingerprint density at radius 2 is 1.00 bits per heavy atom. The Morgan fingerprint density at radius 1 is 1.00 bits per heavy atom. The van der Waals surface area contributed by atoms with E-state index in [4.69, 9.17) is 33.7 Å². The second-order valence-electron chi connectivity index (χ2n) is 0.152. The van der Waals surface area contributed by atoms with Crippen LogP contribution in [0.1, 0.15) is 0 Å². The van der Waals surface area contributed by atoms with E-state index in [-0.39, 0.29) is 29.6 Å². The molecule has 0 aliphatic heterocycles. The van der Waals surface area contributed by atoms with Gasteiger partial charge in [-0.1, -0.05) is 0 Å². The van der Waals surface area contributed by atoms with Gasteiger partial charge in [0.1, 0.15) is 0 Å². The summed E-state index contributed by atoms with van der Waals surface area (Å²) in [5.74, 6) is 0. The molecule has 7 heteroatoms. The van der Waals surface area contributed by atoms with E-state index in [0.717, 1.165) is 0 Å². The normalized spacial score (nSPS) is 7.29. The van der Waals surface area contributed by atoms with E-state index in [1.54, 1.807) is 0 Å². The summed E-state index contributed by atoms with van der Waals surface area (Å²) >= 11 is 1.64. The molecule has 0 saturated carbocycles. The van der Waals surface area contributed by atoms with E-state index in [1.807, 2.05) is 0 Å². The molecule has 1 nitrogen and oxygen atoms in total. The molecule has 0 spiro atoms. The second kappa shape index (κ2) is 15.9. The van der Waals surface area contributed by atoms with E-state index in [2.05, 4.69) is 11.9 Å². The standard InChI is InChI=1S/ClO.3ClH.Na.Ru/c1-2;;;;;/h;3*1H;;/q-1;;;;+1;+3/p-3. The van der Waals surface area contributed by atoms with Crippen molar-refractivity contribution in [2.75, 3.05) is 0 Å². The molecule has 0 heterocycles. The van der Waals surface area contributed by atoms with Crippen LogP contribution < -0.4 is 34.2 Å². The summed E-state index contributed by atoms with van der Waals surface area (Å²) < 4.78 is 7.72. The van der Waals surface area contributed by atoms with Gasteiger partial charge in [0.15, 0.2) is 0 Å². The van der Waals surface area contributed by atoms with E-state index in [0.29, 0.717) is 0 Å². The fourth-order valence-corrected chi connectivity index (χ4v) is 0. The van der Waals surface area contributed by atoms with Crippen molar-refractivity contribution in [1.29, 1.82) is 0 Å². The van der Waals surface area contributed by atoms with Crippen molar-refractivity contribution in [1.82, 2.24) is 0 Å². The third-order valence-electron chi connectivity index (χ3n) is 0. The number of hydrogen-bond acceptors (Lipinski definition) is 1. The van der Waals surface area contributed by atoms with Gasteiger partial charge in [0.25, 0.3) is 0 Å². The molecular weight excluding hydrogens is 282 g/mol. The smallest absolute Gasteiger partial charge is 0.769 e. The summed E-state index contributed by atoms with van der Waals surface area (Å²) in [6.07, 6.45) is 0. The fourth-order valence-electron chi connectivity index (χ4n) is 0. The van der Waals surface area contributed by atoms with Crippen LogP contribution in [0.25, 0.3) is 0 Å². The number of halogens is 4. The zero-order valence-corrected chi connectivity index (χ0v) is 10.0. The minimum Gasteiger partial charge on any atom is -0.769 e. The van der Waals surface area contributed by atoms with Crippen LogP contribution in [0.2, 0.25) is 0 Å². The van der Waals surface area contributed by atoms with Crippen molar-refractivity contribution >= 4 is 40.9 Å². The van der Waals surface area contributed by atoms with Gasteiger partial charge in [0.2, 0.25) is 0 Å². The number of hydrogen-bond donors (Lipinski definition) is 0. The molecule has 0 N–H and O–H groups in total. The molecule has 0 fully saturated rings. The summed E-state index contributed by atoms with van der Waals surface area (Å²) in [6, 6.07) is 0. The molecule has 0 unspecified atom stereocenters. The average molecular weight is 282 g/mol. The minimum absolute atomic E-state index is 0. The average Bonchev–Trinajstić information content (AvgIpc) is 1.41. The van der Waals surface area contributed by atoms with E-state index in [1.165, 1.54) is 0 Å². The van der Waals surface area contributed by atoms with Crippen molar-refractivity contribution in [3.8, 4) is 0 Å². The Balaban J connectivity index is -0.0000000480. The zero-order valence-electron chi connectivity index (χ0n) is 3.27. The molecule has 0 amide bonds. The van der Waals surface area contributed by atoms with Crippen LogP contribution in [-0.4, -0.2) is 0 Å². The molecule has 0 aromatic heterocycles. The Kier molecular flexibility index (Phi) is 37.2. The van der Waals surface area contributed by atoms with Crippen molar-refractivity contribution in [2.45, 2.75) is 0 Å². The van der Waals surface area contributed by atoms with Gasteiger partial charge in [0, 0.05) is 0 Å². The molecule has 0 aromatic rings. The van der Waals surface area contributed by atoms with E-state index < -0.39 is 13.0 Å². The van der Waals surface area contributed by atoms with Crippen LogP contribution >= 0.6 is 40.9 Å². The van der Waals surface area contributed by atoms with Gasteiger partial charge < -0.3 is 4.66 Å². The van der Waals surface area contributed by atoms with Crippen molar-refractivity contribution < 1.29 is 47.2 Å². The maximum Gasteiger partial charge on any atom is 1.00 e. The maximum atomic E-state index is 7.72. The van der Waals surface area contributed by atoms with Crippen molar-refractivity contribution in [3.05, 3.63) is 0 Å². The Morgan fingerprint density at radius 3 is 1.00 bits per heavy atom. The molecule has 7 heavy (non-hydrogen) atoms. The van der Waals surface area contributed by atoms with E-state index >= 15 is 0 Å². The monoisotopic (exact) mass is 281 g/mol. The second-order valence-corrected chi connectivity index (χ2v) is 8.07. The predicted octanol–water partition coefficient (Wildman–Crippen LogP) is -1.43. The third-order valence-corrected chi connectivity index (χ3v) is 0. The van der Waals surface area contributed by atoms with Gasteiger partial charge >= 0.3 is 71.6 Å². The first-order chi connectivity index (χ1) is 2.73. The van der Waals surface area contributed by atoms with Crippen LogP contribution in [0.4, 0.5) is 0 Å². The van der Waals surface area contributed by atoms with Crippen LogP contribution in [0.15, 0.2) is 0 Å². The molecule has 0 atom stereocenters. The van der Waals surface area contributed by atoms with Crippen molar-refractivity contribution in [2.24, 2.45) is 0 Å². The van der Waals surface area contributed by atoms with E-state index in [9.17, 15) is 0 Å². The van der Waals surface area contributed by atoms with Crippen LogP contribution in [-0.2, 0) is 13.0 Å². The summed E-state index contributed by atoms with van der Waals surface area (Å²) in [7, 11) is 14.8. The Hall–Kier alpha value is 2.74. The first-order valence-electron chi connectivity index (χ1n) is 0.555. The van der Waals surface area contributed by atoms with Gasteiger partial charge in [0.05, 0.1) is 0 Å². The molecule has 0 saturated heterocycles. The van der Waals surface area contributed by atoms with Gasteiger partial charge in [-0.05, 0) is 0 Å². The number of rotatable bonds is 0. The largest absolute Gasteiger partial charge is 1.00 e. The summed E-state index contributed by atoms with van der Waals surface area (Å²) in [6.45, 7) is 0. The zero-order chi connectivity index (χ0) is 5.58. The molecule has 0 radical (unpaired) electrons. The summed E-state index contributed by atoms with van der Waals surface area (Å²) in [4.78, 5) is 0. The Bertz CT molecular complexity index is 16.4. The summed E-state index contributed by atoms with van der Waals surface area (Å²) in [5.41, 5.74) is 0. The quantitative estimate of drug-likeness (QED) is 0.500. The first kappa shape index (κ1) is 16.4. The topological polar surface area (TPSA) is 23.1 Å². The molecule has 0 aromatic carbocycles. The summed E-state index contributed by atoms with van der Waals surface area (Å²) in [5, 5.41) is 0. The minimum atomic E-state index is -1.75. The molecular formula is Cl4NaORu. The van der Waals surface area contributed by atoms with Crippen LogP contribution in [0.5, 0.6) is 0 Å². The molecule has 0 rings (SSSR count). The molecule has 0 bridgehead atoms. The third kappa shape index (κ3) is 52.8. The van der Waals surface area contributed by atoms with Crippen molar-refractivity contribution in [3.63, 3.8) is 0 Å². The van der Waals surface area contributed by atoms with Gasteiger partial charge in [-0.3, -0.25) is 0 Å². The first-order valence-corrected chi connectivity index (χ1v) is 7.58. The fraction of sp³-hybridized carbons (Fsp3) is 0. The van der Waals surface area contributed by atoms with Crippen LogP contribution in [0.3, 0.4) is 0 Å². The Labute approximate surface area is 86.8 Å². The maximum absolute atomic E-state index is 7.72. The van der Waals surface area contributed by atoms with Crippen LogP contribution in [0, 0.1) is 0 Å². The molecule has 0 aliphatic rings. The predicted molar refractivity (Wildman–Crippen MR) is 23.4 cm³/mol. The van der Waals surface area contributed by atoms with Gasteiger partial charge in [-0.15, -0.1) is 0 Å². The van der Waals surface area contributed by atoms with Gasteiger partial charge in [-0.2, -0.15) is 0 Å².